The van der Waals surface area contributed by atoms with Gasteiger partial charge in [-0.1, -0.05) is 48.0 Å². The number of hydrogen-bond acceptors (Lipinski definition) is 6. The highest BCUT2D eigenvalue weighted by Crippen LogP contribution is 2.30. The molecule has 0 unspecified atom stereocenters. The van der Waals surface area contributed by atoms with Crippen LogP contribution in [-0.4, -0.2) is 56.7 Å². The van der Waals surface area contributed by atoms with Crippen LogP contribution in [0.3, 0.4) is 0 Å². The van der Waals surface area contributed by atoms with Crippen LogP contribution in [0.5, 0.6) is 0 Å². The zero-order valence-electron chi connectivity index (χ0n) is 21.7. The van der Waals surface area contributed by atoms with Crippen LogP contribution in [0.4, 0.5) is 5.82 Å². The Morgan fingerprint density at radius 2 is 1.71 bits per heavy atom. The molecule has 6 rings (SSSR count). The van der Waals surface area contributed by atoms with E-state index in [9.17, 15) is 4.79 Å². The van der Waals surface area contributed by atoms with Crippen LogP contribution in [0, 0.1) is 13.8 Å². The van der Waals surface area contributed by atoms with E-state index in [2.05, 4.69) is 36.1 Å². The standard InChI is InChI=1S/C30H30N6O2/c1-21-11-13-23(14-12-21)20-26-31-28(27-22(2)33-36(29(27)32-26)24-8-4-3-5-9-24)34-15-7-16-35(18-17-34)30(37)25-10-6-19-38-25/h3-6,8-14,19H,7,15-18,20H2,1-2H3. The van der Waals surface area contributed by atoms with Crippen molar-refractivity contribution in [3.05, 3.63) is 101 Å². The Morgan fingerprint density at radius 1 is 0.895 bits per heavy atom. The first kappa shape index (κ1) is 23.9. The summed E-state index contributed by atoms with van der Waals surface area (Å²) in [5.74, 6) is 1.94. The highest BCUT2D eigenvalue weighted by Gasteiger charge is 2.26. The fourth-order valence-electron chi connectivity index (χ4n) is 5.04. The van der Waals surface area contributed by atoms with Crippen molar-refractivity contribution >= 4 is 22.8 Å². The monoisotopic (exact) mass is 506 g/mol. The van der Waals surface area contributed by atoms with Gasteiger partial charge in [-0.3, -0.25) is 4.79 Å². The van der Waals surface area contributed by atoms with Gasteiger partial charge < -0.3 is 14.2 Å². The third kappa shape index (κ3) is 4.65. The highest BCUT2D eigenvalue weighted by atomic mass is 16.3. The van der Waals surface area contributed by atoms with E-state index in [1.165, 1.54) is 11.8 Å². The van der Waals surface area contributed by atoms with Crippen LogP contribution in [0.15, 0.2) is 77.4 Å². The zero-order chi connectivity index (χ0) is 26.1. The van der Waals surface area contributed by atoms with E-state index in [0.717, 1.165) is 52.6 Å². The SMILES string of the molecule is Cc1ccc(Cc2nc(N3CCCN(C(=O)c4ccco4)CC3)c3c(C)nn(-c4ccccc4)c3n2)cc1. The minimum Gasteiger partial charge on any atom is -0.459 e. The van der Waals surface area contributed by atoms with Gasteiger partial charge in [-0.2, -0.15) is 5.10 Å². The number of furan rings is 1. The number of benzene rings is 2. The Kier molecular flexibility index (Phi) is 6.37. The Hall–Kier alpha value is -4.46. The summed E-state index contributed by atoms with van der Waals surface area (Å²) in [6, 6.07) is 22.1. The van der Waals surface area contributed by atoms with Crippen LogP contribution < -0.4 is 4.90 Å². The topological polar surface area (TPSA) is 80.3 Å². The minimum absolute atomic E-state index is 0.0715. The number of aromatic nitrogens is 4. The fourth-order valence-corrected chi connectivity index (χ4v) is 5.04. The number of hydrogen-bond donors (Lipinski definition) is 0. The number of para-hydroxylation sites is 1. The van der Waals surface area contributed by atoms with E-state index in [-0.39, 0.29) is 5.91 Å². The lowest BCUT2D eigenvalue weighted by molar-refractivity contribution is 0.0735. The average Bonchev–Trinajstić information content (AvgIpc) is 3.51. The molecule has 2 aromatic carbocycles. The predicted octanol–water partition coefficient (Wildman–Crippen LogP) is 4.97. The quantitative estimate of drug-likeness (QED) is 0.335. The summed E-state index contributed by atoms with van der Waals surface area (Å²) in [6.07, 6.45) is 2.99. The van der Waals surface area contributed by atoms with E-state index < -0.39 is 0 Å². The average molecular weight is 507 g/mol. The molecule has 8 heteroatoms. The second-order valence-corrected chi connectivity index (χ2v) is 9.77. The van der Waals surface area contributed by atoms with Crippen LogP contribution in [0.25, 0.3) is 16.7 Å². The number of amides is 1. The number of anilines is 1. The van der Waals surface area contributed by atoms with Gasteiger partial charge in [0.15, 0.2) is 11.4 Å². The first-order chi connectivity index (χ1) is 18.6. The number of nitrogens with zero attached hydrogens (tertiary/aromatic N) is 6. The van der Waals surface area contributed by atoms with E-state index in [1.54, 1.807) is 12.1 Å². The molecule has 1 fully saturated rings. The molecule has 0 bridgehead atoms. The van der Waals surface area contributed by atoms with Gasteiger partial charge >= 0.3 is 0 Å². The molecule has 1 saturated heterocycles. The van der Waals surface area contributed by atoms with Crippen molar-refractivity contribution in [2.75, 3.05) is 31.1 Å². The molecule has 0 atom stereocenters. The van der Waals surface area contributed by atoms with Crippen LogP contribution in [-0.2, 0) is 6.42 Å². The second kappa shape index (κ2) is 10.1. The number of carbonyl (C=O) groups excluding carboxylic acids is 1. The molecule has 38 heavy (non-hydrogen) atoms. The van der Waals surface area contributed by atoms with Gasteiger partial charge in [-0.05, 0) is 50.1 Å². The molecule has 1 aliphatic rings. The summed E-state index contributed by atoms with van der Waals surface area (Å²) in [7, 11) is 0. The second-order valence-electron chi connectivity index (χ2n) is 9.77. The van der Waals surface area contributed by atoms with E-state index in [4.69, 9.17) is 19.5 Å². The fraction of sp³-hybridized carbons (Fsp3) is 0.267. The molecule has 0 spiro atoms. The highest BCUT2D eigenvalue weighted by molar-refractivity contribution is 5.92. The lowest BCUT2D eigenvalue weighted by Crippen LogP contribution is -2.35. The van der Waals surface area contributed by atoms with Crippen molar-refractivity contribution in [1.82, 2.24) is 24.6 Å². The van der Waals surface area contributed by atoms with Gasteiger partial charge in [0.2, 0.25) is 0 Å². The van der Waals surface area contributed by atoms with Crippen LogP contribution >= 0.6 is 0 Å². The molecule has 8 nitrogen and oxygen atoms in total. The van der Waals surface area contributed by atoms with E-state index in [0.29, 0.717) is 31.8 Å². The summed E-state index contributed by atoms with van der Waals surface area (Å²) in [5, 5.41) is 5.84. The third-order valence-corrected chi connectivity index (χ3v) is 7.03. The summed E-state index contributed by atoms with van der Waals surface area (Å²) in [4.78, 5) is 27.2. The lowest BCUT2D eigenvalue weighted by atomic mass is 10.1. The molecular formula is C30H30N6O2. The molecular weight excluding hydrogens is 476 g/mol. The van der Waals surface area contributed by atoms with Gasteiger partial charge in [0, 0.05) is 32.6 Å². The number of carbonyl (C=O) groups is 1. The summed E-state index contributed by atoms with van der Waals surface area (Å²) < 4.78 is 7.28. The molecule has 5 aromatic rings. The molecule has 1 aliphatic heterocycles. The molecule has 0 N–H and O–H groups in total. The normalized spacial score (nSPS) is 14.2. The maximum Gasteiger partial charge on any atom is 0.289 e. The van der Waals surface area contributed by atoms with Gasteiger partial charge in [-0.15, -0.1) is 0 Å². The van der Waals surface area contributed by atoms with Crippen molar-refractivity contribution in [2.24, 2.45) is 0 Å². The van der Waals surface area contributed by atoms with Gasteiger partial charge in [0.05, 0.1) is 23.0 Å². The summed E-state index contributed by atoms with van der Waals surface area (Å²) >= 11 is 0. The number of aryl methyl sites for hydroxylation is 2. The molecule has 0 radical (unpaired) electrons. The maximum atomic E-state index is 12.9. The lowest BCUT2D eigenvalue weighted by Gasteiger charge is -2.23. The van der Waals surface area contributed by atoms with Crippen molar-refractivity contribution < 1.29 is 9.21 Å². The first-order valence-electron chi connectivity index (χ1n) is 13.0. The van der Waals surface area contributed by atoms with Crippen molar-refractivity contribution in [3.63, 3.8) is 0 Å². The molecule has 0 saturated carbocycles. The molecule has 1 amide bonds. The van der Waals surface area contributed by atoms with E-state index in [1.807, 2.05) is 46.8 Å². The number of fused-ring (bicyclic) bond motifs is 1. The molecule has 3 aromatic heterocycles. The van der Waals surface area contributed by atoms with Gasteiger partial charge in [0.1, 0.15) is 11.6 Å². The Morgan fingerprint density at radius 3 is 2.47 bits per heavy atom. The first-order valence-corrected chi connectivity index (χ1v) is 13.0. The number of rotatable bonds is 5. The smallest absolute Gasteiger partial charge is 0.289 e. The Labute approximate surface area is 221 Å². The summed E-state index contributed by atoms with van der Waals surface area (Å²) in [5.41, 5.74) is 5.03. The van der Waals surface area contributed by atoms with Crippen molar-refractivity contribution in [3.8, 4) is 5.69 Å². The Bertz CT molecular complexity index is 1560. The van der Waals surface area contributed by atoms with E-state index >= 15 is 0 Å². The van der Waals surface area contributed by atoms with Crippen molar-refractivity contribution in [1.29, 1.82) is 0 Å². The molecule has 0 aliphatic carbocycles. The predicted molar refractivity (Wildman–Crippen MR) is 147 cm³/mol. The van der Waals surface area contributed by atoms with Gasteiger partial charge in [0.25, 0.3) is 5.91 Å². The molecule has 192 valence electrons. The summed E-state index contributed by atoms with van der Waals surface area (Å²) in [6.45, 7) is 6.81. The minimum atomic E-state index is -0.0715. The molecule has 4 heterocycles. The van der Waals surface area contributed by atoms with Crippen LogP contribution in [0.1, 0.15) is 39.6 Å². The van der Waals surface area contributed by atoms with Gasteiger partial charge in [-0.25, -0.2) is 14.6 Å². The third-order valence-electron chi connectivity index (χ3n) is 7.03. The maximum absolute atomic E-state index is 12.9. The zero-order valence-corrected chi connectivity index (χ0v) is 21.7. The largest absolute Gasteiger partial charge is 0.459 e. The van der Waals surface area contributed by atoms with Crippen molar-refractivity contribution in [2.45, 2.75) is 26.7 Å². The Balaban J connectivity index is 1.40. The van der Waals surface area contributed by atoms with Crippen LogP contribution in [0.2, 0.25) is 0 Å².